The van der Waals surface area contributed by atoms with Gasteiger partial charge >= 0.3 is 0 Å². The van der Waals surface area contributed by atoms with Crippen LogP contribution in [0.3, 0.4) is 0 Å². The molecule has 2 aliphatic rings. The van der Waals surface area contributed by atoms with Gasteiger partial charge in [-0.05, 0) is 25.0 Å². The predicted octanol–water partition coefficient (Wildman–Crippen LogP) is 2.61. The van der Waals surface area contributed by atoms with Gasteiger partial charge in [-0.15, -0.1) is 0 Å². The highest BCUT2D eigenvalue weighted by Crippen LogP contribution is 2.41. The van der Waals surface area contributed by atoms with Crippen molar-refractivity contribution in [3.05, 3.63) is 35.5 Å². The van der Waals surface area contributed by atoms with Crippen LogP contribution in [0.4, 0.5) is 5.82 Å². The number of H-pyrrole nitrogens is 1. The Hall–Kier alpha value is -2.17. The molecule has 19 heavy (non-hydrogen) atoms. The zero-order valence-corrected chi connectivity index (χ0v) is 10.7. The minimum absolute atomic E-state index is 0.673. The molecule has 1 aromatic heterocycles. The van der Waals surface area contributed by atoms with Crippen LogP contribution in [0.1, 0.15) is 30.0 Å². The van der Waals surface area contributed by atoms with Crippen molar-refractivity contribution in [1.82, 2.24) is 10.2 Å². The molecule has 5 heteroatoms. The highest BCUT2D eigenvalue weighted by atomic mass is 16.7. The molecule has 2 aromatic rings. The summed E-state index contributed by atoms with van der Waals surface area (Å²) in [4.78, 5) is 5.82. The lowest BCUT2D eigenvalue weighted by Crippen LogP contribution is -2.20. The van der Waals surface area contributed by atoms with E-state index in [2.05, 4.69) is 16.3 Å². The standard InChI is InChI=1S/C14H15N3O2/c1-18-11-5-4-10-8-17(19-13(10)6-11)14-7-12(15-16-14)9-2-3-9/h4-7,9H,2-3,8H2,1H3,(H,15,16). The number of ether oxygens (including phenoxy) is 1. The van der Waals surface area contributed by atoms with E-state index in [1.54, 1.807) is 7.11 Å². The van der Waals surface area contributed by atoms with E-state index < -0.39 is 0 Å². The van der Waals surface area contributed by atoms with Crippen LogP contribution in [0.25, 0.3) is 0 Å². The second-order valence-corrected chi connectivity index (χ2v) is 5.06. The first-order chi connectivity index (χ1) is 9.33. The summed E-state index contributed by atoms with van der Waals surface area (Å²) in [5.41, 5.74) is 2.36. The number of nitrogens with zero attached hydrogens (tertiary/aromatic N) is 2. The fourth-order valence-corrected chi connectivity index (χ4v) is 2.37. The summed E-state index contributed by atoms with van der Waals surface area (Å²) in [7, 11) is 1.66. The van der Waals surface area contributed by atoms with Crippen molar-refractivity contribution in [3.8, 4) is 11.5 Å². The maximum Gasteiger partial charge on any atom is 0.185 e. The number of hydrogen-bond acceptors (Lipinski definition) is 4. The number of benzene rings is 1. The molecule has 4 rings (SSSR count). The molecule has 0 radical (unpaired) electrons. The largest absolute Gasteiger partial charge is 0.497 e. The number of hydrogen-bond donors (Lipinski definition) is 1. The molecule has 1 saturated carbocycles. The smallest absolute Gasteiger partial charge is 0.185 e. The van der Waals surface area contributed by atoms with Crippen molar-refractivity contribution in [3.63, 3.8) is 0 Å². The normalized spacial score (nSPS) is 17.2. The Balaban J connectivity index is 1.57. The highest BCUT2D eigenvalue weighted by molar-refractivity contribution is 5.50. The number of methoxy groups -OCH3 is 1. The zero-order chi connectivity index (χ0) is 12.8. The molecule has 0 atom stereocenters. The van der Waals surface area contributed by atoms with Gasteiger partial charge in [0.1, 0.15) is 5.75 Å². The van der Waals surface area contributed by atoms with Gasteiger partial charge in [0.25, 0.3) is 0 Å². The second-order valence-electron chi connectivity index (χ2n) is 5.06. The van der Waals surface area contributed by atoms with E-state index in [1.165, 1.54) is 18.5 Å². The van der Waals surface area contributed by atoms with E-state index in [9.17, 15) is 0 Å². The molecule has 2 heterocycles. The summed E-state index contributed by atoms with van der Waals surface area (Å²) in [5.74, 6) is 3.17. The SMILES string of the molecule is COc1ccc2c(c1)ON(c1cc(C3CC3)[nH]n1)C2. The quantitative estimate of drug-likeness (QED) is 0.918. The van der Waals surface area contributed by atoms with Crippen LogP contribution in [0.5, 0.6) is 11.5 Å². The minimum Gasteiger partial charge on any atom is -0.497 e. The molecule has 1 aliphatic carbocycles. The third-order valence-electron chi connectivity index (χ3n) is 3.65. The van der Waals surface area contributed by atoms with Crippen LogP contribution >= 0.6 is 0 Å². The number of aromatic amines is 1. The van der Waals surface area contributed by atoms with E-state index in [0.717, 1.165) is 22.9 Å². The number of anilines is 1. The Morgan fingerprint density at radius 1 is 1.37 bits per heavy atom. The predicted molar refractivity (Wildman–Crippen MR) is 70.4 cm³/mol. The Labute approximate surface area is 111 Å². The molecule has 0 saturated heterocycles. The first kappa shape index (κ1) is 10.7. The van der Waals surface area contributed by atoms with E-state index >= 15 is 0 Å². The summed E-state index contributed by atoms with van der Waals surface area (Å²) in [6.45, 7) is 0.717. The highest BCUT2D eigenvalue weighted by Gasteiger charge is 2.28. The zero-order valence-electron chi connectivity index (χ0n) is 10.7. The van der Waals surface area contributed by atoms with Crippen LogP contribution in [0, 0.1) is 0 Å². The van der Waals surface area contributed by atoms with Crippen LogP contribution in [0.2, 0.25) is 0 Å². The third-order valence-corrected chi connectivity index (χ3v) is 3.65. The van der Waals surface area contributed by atoms with Gasteiger partial charge < -0.3 is 9.57 Å². The number of nitrogens with one attached hydrogen (secondary N) is 1. The maximum absolute atomic E-state index is 5.82. The Kier molecular flexibility index (Phi) is 2.21. The fourth-order valence-electron chi connectivity index (χ4n) is 2.37. The summed E-state index contributed by atoms with van der Waals surface area (Å²) in [5, 5.41) is 9.24. The second kappa shape index (κ2) is 3.91. The van der Waals surface area contributed by atoms with Gasteiger partial charge in [0.05, 0.1) is 13.7 Å². The summed E-state index contributed by atoms with van der Waals surface area (Å²) in [6.07, 6.45) is 2.53. The van der Waals surface area contributed by atoms with Crippen molar-refractivity contribution in [1.29, 1.82) is 0 Å². The molecular formula is C14H15N3O2. The van der Waals surface area contributed by atoms with Crippen molar-refractivity contribution >= 4 is 5.82 Å². The molecule has 1 aromatic carbocycles. The number of hydroxylamine groups is 1. The van der Waals surface area contributed by atoms with E-state index in [-0.39, 0.29) is 0 Å². The first-order valence-electron chi connectivity index (χ1n) is 6.51. The van der Waals surface area contributed by atoms with Gasteiger partial charge in [-0.3, -0.25) is 5.10 Å². The van der Waals surface area contributed by atoms with E-state index in [4.69, 9.17) is 9.57 Å². The number of fused-ring (bicyclic) bond motifs is 1. The number of rotatable bonds is 3. The topological polar surface area (TPSA) is 50.4 Å². The van der Waals surface area contributed by atoms with Crippen LogP contribution in [0.15, 0.2) is 24.3 Å². The average molecular weight is 257 g/mol. The molecule has 0 amide bonds. The van der Waals surface area contributed by atoms with Gasteiger partial charge in [-0.25, -0.2) is 0 Å². The first-order valence-corrected chi connectivity index (χ1v) is 6.51. The molecular weight excluding hydrogens is 242 g/mol. The summed E-state index contributed by atoms with van der Waals surface area (Å²) in [6, 6.07) is 7.97. The Morgan fingerprint density at radius 2 is 2.26 bits per heavy atom. The van der Waals surface area contributed by atoms with Gasteiger partial charge in [-0.2, -0.15) is 10.2 Å². The number of aromatic nitrogens is 2. The Morgan fingerprint density at radius 3 is 3.05 bits per heavy atom. The lowest BCUT2D eigenvalue weighted by atomic mass is 10.2. The van der Waals surface area contributed by atoms with E-state index in [1.807, 2.05) is 23.3 Å². The lowest BCUT2D eigenvalue weighted by molar-refractivity contribution is 0.303. The molecule has 1 aliphatic heterocycles. The minimum atomic E-state index is 0.673. The molecule has 98 valence electrons. The van der Waals surface area contributed by atoms with Gasteiger partial charge in [0.2, 0.25) is 0 Å². The van der Waals surface area contributed by atoms with Crippen molar-refractivity contribution in [2.75, 3.05) is 12.2 Å². The third kappa shape index (κ3) is 1.82. The van der Waals surface area contributed by atoms with Crippen molar-refractivity contribution < 1.29 is 9.57 Å². The molecule has 0 bridgehead atoms. The molecule has 1 N–H and O–H groups in total. The van der Waals surface area contributed by atoms with Crippen molar-refractivity contribution in [2.45, 2.75) is 25.3 Å². The summed E-state index contributed by atoms with van der Waals surface area (Å²) < 4.78 is 5.20. The molecule has 0 unspecified atom stereocenters. The molecule has 1 fully saturated rings. The van der Waals surface area contributed by atoms with Crippen molar-refractivity contribution in [2.24, 2.45) is 0 Å². The average Bonchev–Trinajstić information content (AvgIpc) is 3.03. The fraction of sp³-hybridized carbons (Fsp3) is 0.357. The van der Waals surface area contributed by atoms with Gasteiger partial charge in [0.15, 0.2) is 11.6 Å². The monoisotopic (exact) mass is 257 g/mol. The van der Waals surface area contributed by atoms with Gasteiger partial charge in [0, 0.05) is 29.3 Å². The molecule has 5 nitrogen and oxygen atoms in total. The molecule has 0 spiro atoms. The van der Waals surface area contributed by atoms with Crippen LogP contribution in [-0.2, 0) is 6.54 Å². The summed E-state index contributed by atoms with van der Waals surface area (Å²) >= 11 is 0. The Bertz CT molecular complexity index is 619. The van der Waals surface area contributed by atoms with Gasteiger partial charge in [-0.1, -0.05) is 0 Å². The van der Waals surface area contributed by atoms with Crippen LogP contribution in [-0.4, -0.2) is 17.3 Å². The van der Waals surface area contributed by atoms with Crippen LogP contribution < -0.4 is 14.6 Å². The maximum atomic E-state index is 5.82. The van der Waals surface area contributed by atoms with E-state index in [0.29, 0.717) is 12.5 Å². The lowest BCUT2D eigenvalue weighted by Gasteiger charge is -2.12.